The minimum Gasteiger partial charge on any atom is -0.343 e. The Kier molecular flexibility index (Phi) is 5.50. The summed E-state index contributed by atoms with van der Waals surface area (Å²) < 4.78 is 0. The van der Waals surface area contributed by atoms with Crippen LogP contribution in [0.4, 0.5) is 5.69 Å². The molecule has 2 amide bonds. The number of nitrogens with one attached hydrogen (secondary N) is 2. The first-order valence-corrected chi connectivity index (χ1v) is 9.42. The number of amides is 2. The van der Waals surface area contributed by atoms with Gasteiger partial charge in [-0.1, -0.05) is 18.2 Å². The number of thiophene rings is 1. The Bertz CT molecular complexity index is 745. The first-order chi connectivity index (χ1) is 12.1. The molecule has 0 bridgehead atoms. The SMILES string of the molecule is CNC(C)C(=O)NC1CCc2ccccc2N(Cc2ccsc2)C1=O. The van der Waals surface area contributed by atoms with Crippen molar-refractivity contribution in [3.63, 3.8) is 0 Å². The highest BCUT2D eigenvalue weighted by Gasteiger charge is 2.32. The van der Waals surface area contributed by atoms with Gasteiger partial charge in [0.1, 0.15) is 6.04 Å². The lowest BCUT2D eigenvalue weighted by Crippen LogP contribution is -2.52. The molecular formula is C19H23N3O2S. The molecule has 1 aliphatic rings. The Labute approximate surface area is 152 Å². The second-order valence-corrected chi connectivity index (χ2v) is 7.07. The molecule has 25 heavy (non-hydrogen) atoms. The summed E-state index contributed by atoms with van der Waals surface area (Å²) in [5.74, 6) is -0.199. The van der Waals surface area contributed by atoms with Crippen LogP contribution >= 0.6 is 11.3 Å². The Balaban J connectivity index is 1.88. The van der Waals surface area contributed by atoms with Crippen LogP contribution in [0, 0.1) is 0 Å². The van der Waals surface area contributed by atoms with Crippen molar-refractivity contribution in [1.29, 1.82) is 0 Å². The van der Waals surface area contributed by atoms with Gasteiger partial charge >= 0.3 is 0 Å². The Hall–Kier alpha value is -2.18. The molecule has 0 saturated carbocycles. The number of anilines is 1. The first kappa shape index (κ1) is 17.6. The molecule has 2 aromatic rings. The third-order valence-corrected chi connectivity index (χ3v) is 5.34. The second kappa shape index (κ2) is 7.80. The van der Waals surface area contributed by atoms with Crippen molar-refractivity contribution >= 4 is 28.8 Å². The topological polar surface area (TPSA) is 61.4 Å². The van der Waals surface area contributed by atoms with E-state index in [9.17, 15) is 9.59 Å². The number of carbonyl (C=O) groups is 2. The van der Waals surface area contributed by atoms with Gasteiger partial charge in [0, 0.05) is 5.69 Å². The molecule has 0 fully saturated rings. The third-order valence-electron chi connectivity index (χ3n) is 4.61. The lowest BCUT2D eigenvalue weighted by molar-refractivity contribution is -0.128. The summed E-state index contributed by atoms with van der Waals surface area (Å²) in [5.41, 5.74) is 3.19. The smallest absolute Gasteiger partial charge is 0.249 e. The van der Waals surface area contributed by atoms with E-state index in [2.05, 4.69) is 22.1 Å². The predicted molar refractivity (Wildman–Crippen MR) is 101 cm³/mol. The van der Waals surface area contributed by atoms with Crippen molar-refractivity contribution in [2.45, 2.75) is 38.4 Å². The number of likely N-dealkylation sites (N-methyl/N-ethyl adjacent to an activating group) is 1. The van der Waals surface area contributed by atoms with Crippen LogP contribution in [0.15, 0.2) is 41.1 Å². The summed E-state index contributed by atoms with van der Waals surface area (Å²) in [4.78, 5) is 27.2. The summed E-state index contributed by atoms with van der Waals surface area (Å²) in [6, 6.07) is 9.19. The van der Waals surface area contributed by atoms with Gasteiger partial charge in [-0.25, -0.2) is 0 Å². The normalized spacial score (nSPS) is 18.4. The van der Waals surface area contributed by atoms with E-state index in [1.807, 2.05) is 29.6 Å². The molecule has 1 aliphatic heterocycles. The first-order valence-electron chi connectivity index (χ1n) is 8.48. The lowest BCUT2D eigenvalue weighted by atomic mass is 10.1. The second-order valence-electron chi connectivity index (χ2n) is 6.29. The van der Waals surface area contributed by atoms with Crippen molar-refractivity contribution < 1.29 is 9.59 Å². The number of para-hydroxylation sites is 1. The van der Waals surface area contributed by atoms with Gasteiger partial charge in [0.05, 0.1) is 12.6 Å². The zero-order valence-corrected chi connectivity index (χ0v) is 15.3. The summed E-state index contributed by atoms with van der Waals surface area (Å²) in [7, 11) is 1.73. The molecule has 132 valence electrons. The minimum atomic E-state index is -0.505. The van der Waals surface area contributed by atoms with Crippen molar-refractivity contribution in [1.82, 2.24) is 10.6 Å². The van der Waals surface area contributed by atoms with Crippen LogP contribution in [0.5, 0.6) is 0 Å². The van der Waals surface area contributed by atoms with E-state index in [0.29, 0.717) is 13.0 Å². The molecule has 0 saturated heterocycles. The van der Waals surface area contributed by atoms with Crippen LogP contribution in [0.1, 0.15) is 24.5 Å². The van der Waals surface area contributed by atoms with E-state index < -0.39 is 6.04 Å². The molecule has 0 aliphatic carbocycles. The fourth-order valence-electron chi connectivity index (χ4n) is 3.01. The molecule has 0 radical (unpaired) electrons. The fraction of sp³-hybridized carbons (Fsp3) is 0.368. The van der Waals surface area contributed by atoms with Crippen LogP contribution in [0.25, 0.3) is 0 Å². The molecule has 3 rings (SSSR count). The fourth-order valence-corrected chi connectivity index (χ4v) is 3.67. The van der Waals surface area contributed by atoms with E-state index in [0.717, 1.165) is 23.2 Å². The predicted octanol–water partition coefficient (Wildman–Crippen LogP) is 2.32. The van der Waals surface area contributed by atoms with Crippen molar-refractivity contribution in [2.24, 2.45) is 0 Å². The molecular weight excluding hydrogens is 334 g/mol. The number of rotatable bonds is 5. The van der Waals surface area contributed by atoms with Gasteiger partial charge in [-0.3, -0.25) is 9.59 Å². The van der Waals surface area contributed by atoms with E-state index >= 15 is 0 Å². The summed E-state index contributed by atoms with van der Waals surface area (Å²) in [6.45, 7) is 2.31. The number of aryl methyl sites for hydroxylation is 1. The zero-order valence-electron chi connectivity index (χ0n) is 14.5. The largest absolute Gasteiger partial charge is 0.343 e. The summed E-state index contributed by atoms with van der Waals surface area (Å²) in [6.07, 6.45) is 1.37. The molecule has 2 N–H and O–H groups in total. The lowest BCUT2D eigenvalue weighted by Gasteiger charge is -2.26. The number of benzene rings is 1. The van der Waals surface area contributed by atoms with Crippen molar-refractivity contribution in [3.05, 3.63) is 52.2 Å². The highest BCUT2D eigenvalue weighted by molar-refractivity contribution is 7.07. The molecule has 2 atom stereocenters. The molecule has 2 unspecified atom stereocenters. The molecule has 6 heteroatoms. The summed E-state index contributed by atoms with van der Waals surface area (Å²) in [5, 5.41) is 9.89. The number of nitrogens with zero attached hydrogens (tertiary/aromatic N) is 1. The monoisotopic (exact) mass is 357 g/mol. The Morgan fingerprint density at radius 1 is 1.36 bits per heavy atom. The standard InChI is InChI=1S/C19H23N3O2S/c1-13(20-2)18(23)21-16-8-7-15-5-3-4-6-17(15)22(19(16)24)11-14-9-10-25-12-14/h3-6,9-10,12-13,16,20H,7-8,11H2,1-2H3,(H,21,23). The third kappa shape index (κ3) is 3.91. The van der Waals surface area contributed by atoms with Gasteiger partial charge in [0.15, 0.2) is 0 Å². The maximum Gasteiger partial charge on any atom is 0.249 e. The average Bonchev–Trinajstić information content (AvgIpc) is 3.11. The minimum absolute atomic E-state index is 0.0483. The van der Waals surface area contributed by atoms with E-state index in [1.165, 1.54) is 0 Å². The van der Waals surface area contributed by atoms with Crippen molar-refractivity contribution in [2.75, 3.05) is 11.9 Å². The number of hydrogen-bond donors (Lipinski definition) is 2. The maximum absolute atomic E-state index is 13.2. The molecule has 2 heterocycles. The van der Waals surface area contributed by atoms with Crippen LogP contribution < -0.4 is 15.5 Å². The van der Waals surface area contributed by atoms with Gasteiger partial charge in [-0.05, 0) is 60.8 Å². The highest BCUT2D eigenvalue weighted by Crippen LogP contribution is 2.29. The molecule has 0 spiro atoms. The number of hydrogen-bond acceptors (Lipinski definition) is 4. The average molecular weight is 357 g/mol. The van der Waals surface area contributed by atoms with Gasteiger partial charge in [0.25, 0.3) is 0 Å². The molecule has 5 nitrogen and oxygen atoms in total. The van der Waals surface area contributed by atoms with Gasteiger partial charge in [0.2, 0.25) is 11.8 Å². The van der Waals surface area contributed by atoms with Crippen LogP contribution in [-0.4, -0.2) is 30.9 Å². The molecule has 1 aromatic heterocycles. The van der Waals surface area contributed by atoms with Crippen LogP contribution in [0.2, 0.25) is 0 Å². The zero-order chi connectivity index (χ0) is 17.8. The molecule has 1 aromatic carbocycles. The van der Waals surface area contributed by atoms with Crippen molar-refractivity contribution in [3.8, 4) is 0 Å². The van der Waals surface area contributed by atoms with E-state index in [-0.39, 0.29) is 17.9 Å². The van der Waals surface area contributed by atoms with E-state index in [1.54, 1.807) is 30.2 Å². The maximum atomic E-state index is 13.2. The van der Waals surface area contributed by atoms with Gasteiger partial charge < -0.3 is 15.5 Å². The Morgan fingerprint density at radius 2 is 2.16 bits per heavy atom. The van der Waals surface area contributed by atoms with Crippen LogP contribution in [0.3, 0.4) is 0 Å². The summed E-state index contributed by atoms with van der Waals surface area (Å²) >= 11 is 1.62. The highest BCUT2D eigenvalue weighted by atomic mass is 32.1. The Morgan fingerprint density at radius 3 is 2.88 bits per heavy atom. The quantitative estimate of drug-likeness (QED) is 0.863. The van der Waals surface area contributed by atoms with Gasteiger partial charge in [-0.15, -0.1) is 0 Å². The van der Waals surface area contributed by atoms with Gasteiger partial charge in [-0.2, -0.15) is 11.3 Å². The number of carbonyl (C=O) groups excluding carboxylic acids is 2. The van der Waals surface area contributed by atoms with Crippen LogP contribution in [-0.2, 0) is 22.6 Å². The number of fused-ring (bicyclic) bond motifs is 1. The van der Waals surface area contributed by atoms with E-state index in [4.69, 9.17) is 0 Å².